The van der Waals surface area contributed by atoms with Crippen molar-refractivity contribution in [3.8, 4) is 0 Å². The van der Waals surface area contributed by atoms with Crippen LogP contribution in [0.15, 0.2) is 47.5 Å². The molecule has 1 aliphatic heterocycles. The minimum atomic E-state index is -0.734. The number of H-pyrrole nitrogens is 1. The van der Waals surface area contributed by atoms with Gasteiger partial charge in [0, 0.05) is 37.3 Å². The predicted octanol–water partition coefficient (Wildman–Crippen LogP) is 1.45. The Bertz CT molecular complexity index is 1120. The van der Waals surface area contributed by atoms with Gasteiger partial charge < -0.3 is 20.6 Å². The molecule has 4 rings (SSSR count). The molecule has 0 fully saturated rings. The molecule has 172 valence electrons. The molecule has 2 amide bonds. The zero-order valence-electron chi connectivity index (χ0n) is 18.1. The van der Waals surface area contributed by atoms with Crippen molar-refractivity contribution in [2.45, 2.75) is 23.8 Å². The smallest absolute Gasteiger partial charge is 0.291 e. The lowest BCUT2D eigenvalue weighted by molar-refractivity contribution is -0.119. The fourth-order valence-electron chi connectivity index (χ4n) is 3.38. The van der Waals surface area contributed by atoms with E-state index >= 15 is 0 Å². The van der Waals surface area contributed by atoms with Crippen LogP contribution in [0.3, 0.4) is 0 Å². The normalized spacial score (nSPS) is 15.6. The summed E-state index contributed by atoms with van der Waals surface area (Å²) in [6, 6.07) is 10.9. The van der Waals surface area contributed by atoms with E-state index in [4.69, 9.17) is 5.11 Å². The number of fused-ring (bicyclic) bond motifs is 1. The van der Waals surface area contributed by atoms with Crippen molar-refractivity contribution < 1.29 is 14.7 Å². The topological polar surface area (TPSA) is 136 Å². The quantitative estimate of drug-likeness (QED) is 0.366. The van der Waals surface area contributed by atoms with Gasteiger partial charge in [-0.15, -0.1) is 16.9 Å². The van der Waals surface area contributed by atoms with Gasteiger partial charge in [0.15, 0.2) is 0 Å². The van der Waals surface area contributed by atoms with Gasteiger partial charge in [-0.25, -0.2) is 9.97 Å². The molecule has 0 aliphatic carbocycles. The minimum absolute atomic E-state index is 0.000168. The first-order chi connectivity index (χ1) is 16.0. The number of hydrogen-bond acceptors (Lipinski definition) is 8. The van der Waals surface area contributed by atoms with Crippen LogP contribution in [0.1, 0.15) is 28.4 Å². The van der Waals surface area contributed by atoms with Gasteiger partial charge in [0.25, 0.3) is 5.91 Å². The highest BCUT2D eigenvalue weighted by molar-refractivity contribution is 7.99. The number of nitrogens with zero attached hydrogens (tertiary/aromatic N) is 4. The maximum Gasteiger partial charge on any atom is 0.291 e. The number of nitrogens with one attached hydrogen (secondary N) is 3. The van der Waals surface area contributed by atoms with E-state index in [-0.39, 0.29) is 18.3 Å². The number of aromatic nitrogens is 4. The van der Waals surface area contributed by atoms with Gasteiger partial charge in [0.2, 0.25) is 11.7 Å². The number of benzene rings is 1. The number of likely N-dealkylation sites (N-methyl/N-ethyl adjacent to an activating group) is 1. The molecule has 2 aromatic heterocycles. The Hall–Kier alpha value is -3.44. The van der Waals surface area contributed by atoms with Crippen LogP contribution in [0.5, 0.6) is 0 Å². The predicted molar refractivity (Wildman–Crippen MR) is 125 cm³/mol. The summed E-state index contributed by atoms with van der Waals surface area (Å²) in [6.07, 6.45) is 2.78. The van der Waals surface area contributed by atoms with E-state index in [0.29, 0.717) is 42.5 Å². The van der Waals surface area contributed by atoms with Crippen LogP contribution in [-0.4, -0.2) is 69.1 Å². The van der Waals surface area contributed by atoms with Crippen LogP contribution in [0, 0.1) is 0 Å². The number of amides is 2. The van der Waals surface area contributed by atoms with Crippen molar-refractivity contribution in [3.63, 3.8) is 0 Å². The second kappa shape index (κ2) is 10.5. The Morgan fingerprint density at radius 1 is 1.33 bits per heavy atom. The molecule has 0 radical (unpaired) electrons. The Labute approximate surface area is 195 Å². The third-order valence-corrected chi connectivity index (χ3v) is 6.28. The van der Waals surface area contributed by atoms with Crippen molar-refractivity contribution >= 4 is 35.1 Å². The molecule has 11 heteroatoms. The highest BCUT2D eigenvalue weighted by Crippen LogP contribution is 2.34. The largest absolute Gasteiger partial charge is 0.396 e. The summed E-state index contributed by atoms with van der Waals surface area (Å²) in [5, 5.41) is 21.7. The van der Waals surface area contributed by atoms with Crippen LogP contribution < -0.4 is 15.5 Å². The molecule has 1 atom stereocenters. The summed E-state index contributed by atoms with van der Waals surface area (Å²) in [5.41, 5.74) is 1.73. The molecule has 0 spiro atoms. The molecule has 0 saturated carbocycles. The zero-order valence-corrected chi connectivity index (χ0v) is 18.9. The summed E-state index contributed by atoms with van der Waals surface area (Å²) in [6.45, 7) is 0.702. The van der Waals surface area contributed by atoms with Crippen molar-refractivity contribution in [3.05, 3.63) is 59.8 Å². The van der Waals surface area contributed by atoms with Crippen molar-refractivity contribution in [1.82, 2.24) is 25.5 Å². The Balaban J connectivity index is 1.41. The lowest BCUT2D eigenvalue weighted by atomic mass is 10.1. The van der Waals surface area contributed by atoms with E-state index in [1.165, 1.54) is 16.7 Å². The van der Waals surface area contributed by atoms with Crippen LogP contribution >= 0.6 is 11.8 Å². The van der Waals surface area contributed by atoms with E-state index < -0.39 is 11.9 Å². The number of anilines is 2. The Morgan fingerprint density at radius 2 is 2.15 bits per heavy atom. The number of carbonyl (C=O) groups excluding carboxylic acids is 2. The second-order valence-electron chi connectivity index (χ2n) is 7.54. The van der Waals surface area contributed by atoms with E-state index in [0.717, 1.165) is 10.5 Å². The average molecular weight is 468 g/mol. The molecular formula is C22H25N7O3S. The van der Waals surface area contributed by atoms with E-state index in [9.17, 15) is 9.59 Å². The molecule has 4 N–H and O–H groups in total. The van der Waals surface area contributed by atoms with E-state index in [1.807, 2.05) is 36.4 Å². The van der Waals surface area contributed by atoms with Crippen LogP contribution in [-0.2, 0) is 11.2 Å². The molecule has 3 aromatic rings. The average Bonchev–Trinajstić information content (AvgIpc) is 3.26. The SMILES string of the molecule is CN1C(=O)[C@@H](NC(=O)c2n[nH]c(Cc3ccccc3)n2)CSc2cc(NCCCO)ncc21. The minimum Gasteiger partial charge on any atom is -0.396 e. The number of rotatable bonds is 8. The molecule has 10 nitrogen and oxygen atoms in total. The maximum absolute atomic E-state index is 13.0. The molecule has 1 aromatic carbocycles. The van der Waals surface area contributed by atoms with Gasteiger partial charge in [0.1, 0.15) is 17.7 Å². The zero-order chi connectivity index (χ0) is 23.2. The van der Waals surface area contributed by atoms with E-state index in [1.54, 1.807) is 13.2 Å². The summed E-state index contributed by atoms with van der Waals surface area (Å²) >= 11 is 1.47. The molecule has 3 heterocycles. The first kappa shape index (κ1) is 22.7. The first-order valence-electron chi connectivity index (χ1n) is 10.6. The molecular weight excluding hydrogens is 442 g/mol. The number of carbonyl (C=O) groups is 2. The van der Waals surface area contributed by atoms with Gasteiger partial charge in [0.05, 0.1) is 11.9 Å². The monoisotopic (exact) mass is 467 g/mol. The van der Waals surface area contributed by atoms with Gasteiger partial charge >= 0.3 is 0 Å². The molecule has 0 unspecified atom stereocenters. The fourth-order valence-corrected chi connectivity index (χ4v) is 4.48. The fraction of sp³-hybridized carbons (Fsp3) is 0.318. The number of aromatic amines is 1. The van der Waals surface area contributed by atoms with Crippen molar-refractivity contribution in [2.24, 2.45) is 0 Å². The summed E-state index contributed by atoms with van der Waals surface area (Å²) in [4.78, 5) is 36.7. The van der Waals surface area contributed by atoms with Crippen LogP contribution in [0.2, 0.25) is 0 Å². The number of hydrogen-bond donors (Lipinski definition) is 4. The number of pyridine rings is 1. The van der Waals surface area contributed by atoms with Crippen molar-refractivity contribution in [2.75, 3.05) is 36.2 Å². The van der Waals surface area contributed by atoms with Gasteiger partial charge in [-0.05, 0) is 18.1 Å². The lowest BCUT2D eigenvalue weighted by Crippen LogP contribution is -2.48. The molecule has 33 heavy (non-hydrogen) atoms. The highest BCUT2D eigenvalue weighted by Gasteiger charge is 2.31. The third kappa shape index (κ3) is 5.49. The number of aliphatic hydroxyl groups is 1. The Kier molecular flexibility index (Phi) is 7.20. The first-order valence-corrected chi connectivity index (χ1v) is 11.5. The number of aliphatic hydroxyl groups excluding tert-OH is 1. The second-order valence-corrected chi connectivity index (χ2v) is 8.61. The lowest BCUT2D eigenvalue weighted by Gasteiger charge is -2.21. The summed E-state index contributed by atoms with van der Waals surface area (Å²) < 4.78 is 0. The van der Waals surface area contributed by atoms with Gasteiger partial charge in [-0.1, -0.05) is 30.3 Å². The summed E-state index contributed by atoms with van der Waals surface area (Å²) in [7, 11) is 1.66. The molecule has 1 aliphatic rings. The number of thioether (sulfide) groups is 1. The Morgan fingerprint density at radius 3 is 2.94 bits per heavy atom. The highest BCUT2D eigenvalue weighted by atomic mass is 32.2. The molecule has 0 bridgehead atoms. The van der Waals surface area contributed by atoms with Gasteiger partial charge in [-0.3, -0.25) is 14.7 Å². The van der Waals surface area contributed by atoms with Crippen molar-refractivity contribution in [1.29, 1.82) is 0 Å². The maximum atomic E-state index is 13.0. The van der Waals surface area contributed by atoms with E-state index in [2.05, 4.69) is 30.8 Å². The van der Waals surface area contributed by atoms with Crippen LogP contribution in [0.25, 0.3) is 0 Å². The molecule has 0 saturated heterocycles. The van der Waals surface area contributed by atoms with Crippen LogP contribution in [0.4, 0.5) is 11.5 Å². The third-order valence-electron chi connectivity index (χ3n) is 5.14. The standard InChI is InChI=1S/C22H25N7O3S/c1-29-16-12-24-18(23-8-5-9-30)11-17(16)33-13-15(22(29)32)25-21(31)20-26-19(27-28-20)10-14-6-3-2-4-7-14/h2-4,6-7,11-12,15,30H,5,8-10,13H2,1H3,(H,23,24)(H,25,31)(H,26,27,28)/t15-/m0/s1. The summed E-state index contributed by atoms with van der Waals surface area (Å²) in [5.74, 6) is 0.865. The van der Waals surface area contributed by atoms with Gasteiger partial charge in [-0.2, -0.15) is 0 Å².